The van der Waals surface area contributed by atoms with Crippen LogP contribution in [0.25, 0.3) is 10.9 Å². The lowest BCUT2D eigenvalue weighted by Crippen LogP contribution is -2.18. The van der Waals surface area contributed by atoms with Crippen LogP contribution in [0.2, 0.25) is 0 Å². The Bertz CT molecular complexity index is 629. The zero-order valence-electron chi connectivity index (χ0n) is 12.2. The Morgan fingerprint density at radius 3 is 2.65 bits per heavy atom. The Labute approximate surface area is 125 Å². The highest BCUT2D eigenvalue weighted by molar-refractivity contribution is 7.80. The van der Waals surface area contributed by atoms with Crippen LogP contribution < -0.4 is 11.1 Å². The fraction of sp³-hybridized carbons (Fsp3) is 0.375. The molecule has 0 radical (unpaired) electrons. The minimum absolute atomic E-state index is 0.285. The van der Waals surface area contributed by atoms with Crippen molar-refractivity contribution in [3.63, 3.8) is 0 Å². The van der Waals surface area contributed by atoms with Gasteiger partial charge in [-0.15, -0.1) is 0 Å². The second-order valence-electron chi connectivity index (χ2n) is 6.18. The third kappa shape index (κ3) is 3.67. The number of nitrogens with one attached hydrogen (secondary N) is 1. The molecule has 4 heteroatoms. The van der Waals surface area contributed by atoms with E-state index in [0.29, 0.717) is 4.99 Å². The number of rotatable bonds is 4. The summed E-state index contributed by atoms with van der Waals surface area (Å²) in [5.41, 5.74) is 7.86. The van der Waals surface area contributed by atoms with Crippen molar-refractivity contribution >= 4 is 33.9 Å². The molecule has 3 nitrogen and oxygen atoms in total. The number of fused-ring (bicyclic) bond motifs is 1. The minimum atomic E-state index is 0.285. The van der Waals surface area contributed by atoms with Crippen molar-refractivity contribution in [2.24, 2.45) is 11.1 Å². The van der Waals surface area contributed by atoms with Crippen molar-refractivity contribution in [1.82, 2.24) is 4.98 Å². The minimum Gasteiger partial charge on any atom is -0.389 e. The second-order valence-corrected chi connectivity index (χ2v) is 6.62. The van der Waals surface area contributed by atoms with Crippen molar-refractivity contribution in [3.05, 3.63) is 35.9 Å². The molecule has 20 heavy (non-hydrogen) atoms. The molecule has 1 aromatic carbocycles. The first-order chi connectivity index (χ1) is 9.37. The van der Waals surface area contributed by atoms with Crippen LogP contribution in [0.15, 0.2) is 30.3 Å². The third-order valence-electron chi connectivity index (χ3n) is 3.16. The number of benzene rings is 1. The van der Waals surface area contributed by atoms with Gasteiger partial charge in [-0.3, -0.25) is 0 Å². The van der Waals surface area contributed by atoms with Gasteiger partial charge in [-0.05, 0) is 24.0 Å². The summed E-state index contributed by atoms with van der Waals surface area (Å²) in [5.74, 6) is 0.778. The molecular formula is C16H21N3S. The molecule has 2 rings (SSSR count). The highest BCUT2D eigenvalue weighted by atomic mass is 32.1. The van der Waals surface area contributed by atoms with Crippen LogP contribution in [0, 0.1) is 5.41 Å². The van der Waals surface area contributed by atoms with Crippen molar-refractivity contribution in [2.75, 3.05) is 11.9 Å². The molecule has 1 heterocycles. The topological polar surface area (TPSA) is 50.9 Å². The summed E-state index contributed by atoms with van der Waals surface area (Å²) in [6, 6.07) is 9.98. The molecule has 0 amide bonds. The summed E-state index contributed by atoms with van der Waals surface area (Å²) in [5, 5.41) is 4.42. The van der Waals surface area contributed by atoms with Gasteiger partial charge in [0.15, 0.2) is 0 Å². The Hall–Kier alpha value is -1.68. The van der Waals surface area contributed by atoms with E-state index in [4.69, 9.17) is 18.0 Å². The summed E-state index contributed by atoms with van der Waals surface area (Å²) >= 11 is 5.13. The Morgan fingerprint density at radius 2 is 2.00 bits per heavy atom. The molecule has 0 unspecified atom stereocenters. The third-order valence-corrected chi connectivity index (χ3v) is 3.38. The average Bonchev–Trinajstić information content (AvgIpc) is 2.36. The Kier molecular flexibility index (Phi) is 4.23. The van der Waals surface area contributed by atoms with E-state index in [9.17, 15) is 0 Å². The molecule has 0 saturated carbocycles. The lowest BCUT2D eigenvalue weighted by Gasteiger charge is -2.19. The van der Waals surface area contributed by atoms with E-state index in [-0.39, 0.29) is 5.41 Å². The number of aromatic nitrogens is 1. The van der Waals surface area contributed by atoms with Crippen LogP contribution >= 0.6 is 12.2 Å². The number of nitrogens with two attached hydrogens (primary N) is 1. The molecule has 0 aliphatic heterocycles. The van der Waals surface area contributed by atoms with Gasteiger partial charge in [0.1, 0.15) is 10.8 Å². The zero-order valence-corrected chi connectivity index (χ0v) is 13.1. The predicted octanol–water partition coefficient (Wildman–Crippen LogP) is 3.72. The van der Waals surface area contributed by atoms with E-state index in [0.717, 1.165) is 35.2 Å². The molecule has 0 aliphatic rings. The number of anilines is 1. The second kappa shape index (κ2) is 5.75. The van der Waals surface area contributed by atoms with E-state index in [2.05, 4.69) is 31.1 Å². The molecule has 2 aromatic rings. The monoisotopic (exact) mass is 287 g/mol. The van der Waals surface area contributed by atoms with Crippen LogP contribution in [0.4, 0.5) is 5.82 Å². The van der Waals surface area contributed by atoms with Gasteiger partial charge < -0.3 is 11.1 Å². The zero-order chi connectivity index (χ0) is 14.8. The lowest BCUT2D eigenvalue weighted by atomic mass is 9.92. The van der Waals surface area contributed by atoms with Crippen molar-refractivity contribution in [1.29, 1.82) is 0 Å². The smallest absolute Gasteiger partial charge is 0.136 e. The molecule has 3 N–H and O–H groups in total. The van der Waals surface area contributed by atoms with E-state index >= 15 is 0 Å². The molecule has 0 aliphatic carbocycles. The van der Waals surface area contributed by atoms with Gasteiger partial charge >= 0.3 is 0 Å². The summed E-state index contributed by atoms with van der Waals surface area (Å²) < 4.78 is 0. The van der Waals surface area contributed by atoms with Crippen LogP contribution in [0.5, 0.6) is 0 Å². The number of nitrogens with zero attached hydrogens (tertiary/aromatic N) is 1. The van der Waals surface area contributed by atoms with Gasteiger partial charge in [-0.1, -0.05) is 51.2 Å². The largest absolute Gasteiger partial charge is 0.389 e. The normalized spacial score (nSPS) is 11.6. The van der Waals surface area contributed by atoms with Gasteiger partial charge in [0, 0.05) is 11.9 Å². The molecule has 0 bridgehead atoms. The number of hydrogen-bond donors (Lipinski definition) is 2. The number of thiocarbonyl (C=S) groups is 1. The number of hydrogen-bond acceptors (Lipinski definition) is 3. The average molecular weight is 287 g/mol. The van der Waals surface area contributed by atoms with Gasteiger partial charge in [-0.25, -0.2) is 4.98 Å². The van der Waals surface area contributed by atoms with Gasteiger partial charge in [0.2, 0.25) is 0 Å². The van der Waals surface area contributed by atoms with E-state index in [1.54, 1.807) is 0 Å². The molecule has 0 spiro atoms. The van der Waals surface area contributed by atoms with Crippen LogP contribution in [-0.2, 0) is 0 Å². The Balaban J connectivity index is 2.30. The molecule has 0 fully saturated rings. The fourth-order valence-electron chi connectivity index (χ4n) is 1.99. The van der Waals surface area contributed by atoms with Gasteiger partial charge in [-0.2, -0.15) is 0 Å². The van der Waals surface area contributed by atoms with Crippen molar-refractivity contribution in [2.45, 2.75) is 27.2 Å². The lowest BCUT2D eigenvalue weighted by molar-refractivity contribution is 0.389. The Morgan fingerprint density at radius 1 is 1.30 bits per heavy atom. The van der Waals surface area contributed by atoms with E-state index in [1.165, 1.54) is 0 Å². The van der Waals surface area contributed by atoms with Crippen LogP contribution in [-0.4, -0.2) is 16.5 Å². The van der Waals surface area contributed by atoms with Crippen molar-refractivity contribution in [3.8, 4) is 0 Å². The fourth-order valence-corrected chi connectivity index (χ4v) is 2.15. The highest BCUT2D eigenvalue weighted by Gasteiger charge is 2.12. The van der Waals surface area contributed by atoms with E-state index < -0.39 is 0 Å². The SMILES string of the molecule is CC(C)(C)CCNc1nc2ccccc2cc1C(N)=S. The highest BCUT2D eigenvalue weighted by Crippen LogP contribution is 2.22. The van der Waals surface area contributed by atoms with Crippen molar-refractivity contribution < 1.29 is 0 Å². The predicted molar refractivity (Wildman–Crippen MR) is 90.2 cm³/mol. The molecule has 1 aromatic heterocycles. The number of para-hydroxylation sites is 1. The summed E-state index contributed by atoms with van der Waals surface area (Å²) in [6.45, 7) is 7.51. The summed E-state index contributed by atoms with van der Waals surface area (Å²) in [7, 11) is 0. The van der Waals surface area contributed by atoms with Gasteiger partial charge in [0.05, 0.1) is 11.1 Å². The van der Waals surface area contributed by atoms with Gasteiger partial charge in [0.25, 0.3) is 0 Å². The maximum absolute atomic E-state index is 5.81. The quantitative estimate of drug-likeness (QED) is 0.842. The first kappa shape index (κ1) is 14.7. The first-order valence-electron chi connectivity index (χ1n) is 6.80. The molecule has 0 saturated heterocycles. The molecule has 106 valence electrons. The molecule has 0 atom stereocenters. The van der Waals surface area contributed by atoms with Crippen LogP contribution in [0.3, 0.4) is 0 Å². The maximum atomic E-state index is 5.81. The summed E-state index contributed by atoms with van der Waals surface area (Å²) in [6.07, 6.45) is 1.05. The first-order valence-corrected chi connectivity index (χ1v) is 7.21. The standard InChI is InChI=1S/C16H21N3S/c1-16(2,3)8-9-18-15-12(14(17)20)10-11-6-4-5-7-13(11)19-15/h4-7,10H,8-9H2,1-3H3,(H2,17,20)(H,18,19). The van der Waals surface area contributed by atoms with Crippen LogP contribution in [0.1, 0.15) is 32.8 Å². The maximum Gasteiger partial charge on any atom is 0.136 e. The van der Waals surface area contributed by atoms with E-state index in [1.807, 2.05) is 30.3 Å². The summed E-state index contributed by atoms with van der Waals surface area (Å²) in [4.78, 5) is 5.01. The number of pyridine rings is 1. The molecular weight excluding hydrogens is 266 g/mol.